The van der Waals surface area contributed by atoms with Crippen molar-refractivity contribution in [1.29, 1.82) is 0 Å². The lowest BCUT2D eigenvalue weighted by Crippen LogP contribution is -2.35. The van der Waals surface area contributed by atoms with Crippen LogP contribution < -0.4 is 0 Å². The molecule has 1 aromatic heterocycles. The van der Waals surface area contributed by atoms with Crippen molar-refractivity contribution in [3.63, 3.8) is 0 Å². The fraction of sp³-hybridized carbons (Fsp3) is 0.400. The number of amidine groups is 2. The van der Waals surface area contributed by atoms with Gasteiger partial charge in [0.2, 0.25) is 5.95 Å². The summed E-state index contributed by atoms with van der Waals surface area (Å²) < 4.78 is 13.3. The number of fused-ring (bicyclic) bond motifs is 1. The minimum Gasteiger partial charge on any atom is -0.355 e. The average Bonchev–Trinajstić information content (AvgIpc) is 3.16. The van der Waals surface area contributed by atoms with Crippen molar-refractivity contribution in [3.8, 4) is 0 Å². The fourth-order valence-electron chi connectivity index (χ4n) is 2.98. The molecule has 0 spiro atoms. The first kappa shape index (κ1) is 12.5. The Labute approximate surface area is 122 Å². The number of nitrogens with zero attached hydrogens (tertiary/aromatic N) is 5. The van der Waals surface area contributed by atoms with Crippen LogP contribution in [0.15, 0.2) is 40.4 Å². The third-order valence-electron chi connectivity index (χ3n) is 4.06. The number of halogens is 1. The Balaban J connectivity index is 1.63. The van der Waals surface area contributed by atoms with Gasteiger partial charge >= 0.3 is 0 Å². The Morgan fingerprint density at radius 1 is 1.10 bits per heavy atom. The topological polar surface area (TPSA) is 44.1 Å². The van der Waals surface area contributed by atoms with Crippen LogP contribution in [-0.2, 0) is 0 Å². The molecule has 0 bridgehead atoms. The van der Waals surface area contributed by atoms with Gasteiger partial charge in [-0.2, -0.15) is 9.49 Å². The van der Waals surface area contributed by atoms with Gasteiger partial charge in [-0.1, -0.05) is 6.07 Å². The maximum atomic E-state index is 13.3. The van der Waals surface area contributed by atoms with Gasteiger partial charge in [-0.3, -0.25) is 4.99 Å². The van der Waals surface area contributed by atoms with Crippen LogP contribution in [0.3, 0.4) is 0 Å². The summed E-state index contributed by atoms with van der Waals surface area (Å²) in [5, 5.41) is 6.58. The molecule has 4 rings (SSSR count). The second kappa shape index (κ2) is 4.95. The van der Waals surface area contributed by atoms with E-state index in [0.29, 0.717) is 12.2 Å². The van der Waals surface area contributed by atoms with Gasteiger partial charge in [0.25, 0.3) is 0 Å². The lowest BCUT2D eigenvalue weighted by molar-refractivity contribution is 0.348. The van der Waals surface area contributed by atoms with Crippen LogP contribution in [-0.4, -0.2) is 46.2 Å². The summed E-state index contributed by atoms with van der Waals surface area (Å²) in [7, 11) is 0. The molecule has 0 aromatic carbocycles. The first-order chi connectivity index (χ1) is 10.3. The van der Waals surface area contributed by atoms with Crippen LogP contribution in [0, 0.1) is 5.95 Å². The van der Waals surface area contributed by atoms with E-state index in [2.05, 4.69) is 14.9 Å². The number of hydrogen-bond donors (Lipinski definition) is 0. The molecule has 1 fully saturated rings. The van der Waals surface area contributed by atoms with Crippen LogP contribution in [0.5, 0.6) is 0 Å². The highest BCUT2D eigenvalue weighted by molar-refractivity contribution is 6.06. The minimum absolute atomic E-state index is 0.113. The summed E-state index contributed by atoms with van der Waals surface area (Å²) in [5.41, 5.74) is 0.675. The van der Waals surface area contributed by atoms with Crippen molar-refractivity contribution in [2.24, 2.45) is 10.1 Å². The normalized spacial score (nSPS) is 24.1. The molecular weight excluding hydrogens is 269 g/mol. The van der Waals surface area contributed by atoms with E-state index < -0.39 is 5.95 Å². The third-order valence-corrected chi connectivity index (χ3v) is 4.06. The highest BCUT2D eigenvalue weighted by Gasteiger charge is 2.32. The Morgan fingerprint density at radius 3 is 2.71 bits per heavy atom. The number of likely N-dealkylation sites (tertiary alicyclic amines) is 1. The third kappa shape index (κ3) is 2.20. The van der Waals surface area contributed by atoms with Crippen molar-refractivity contribution < 1.29 is 4.39 Å². The Kier molecular flexibility index (Phi) is 2.94. The molecule has 4 heterocycles. The minimum atomic E-state index is -0.461. The lowest BCUT2D eigenvalue weighted by Gasteiger charge is -2.27. The molecule has 1 unspecified atom stereocenters. The van der Waals surface area contributed by atoms with Crippen molar-refractivity contribution in [2.75, 3.05) is 19.6 Å². The smallest absolute Gasteiger partial charge is 0.213 e. The standard InChI is InChI=1S/C15H16FN5/c16-13-5-3-4-11(18-13)12-10-17-14-6-7-15(19-21(12)14)20-8-1-2-9-20/h3-7,12H,1-2,8-10H2. The molecule has 3 aliphatic rings. The highest BCUT2D eigenvalue weighted by Crippen LogP contribution is 2.28. The first-order valence-electron chi connectivity index (χ1n) is 7.29. The summed E-state index contributed by atoms with van der Waals surface area (Å²) in [6.45, 7) is 2.66. The van der Waals surface area contributed by atoms with E-state index in [1.165, 1.54) is 18.9 Å². The van der Waals surface area contributed by atoms with Crippen LogP contribution in [0.1, 0.15) is 24.6 Å². The van der Waals surface area contributed by atoms with Crippen LogP contribution in [0.25, 0.3) is 0 Å². The Morgan fingerprint density at radius 2 is 1.90 bits per heavy atom. The van der Waals surface area contributed by atoms with Gasteiger partial charge in [0.1, 0.15) is 17.7 Å². The quantitative estimate of drug-likeness (QED) is 0.741. The largest absolute Gasteiger partial charge is 0.355 e. The molecule has 6 heteroatoms. The second-order valence-electron chi connectivity index (χ2n) is 5.43. The molecule has 1 aromatic rings. The summed E-state index contributed by atoms with van der Waals surface area (Å²) in [4.78, 5) is 10.7. The van der Waals surface area contributed by atoms with Gasteiger partial charge in [0, 0.05) is 13.1 Å². The van der Waals surface area contributed by atoms with Gasteiger partial charge in [0.05, 0.1) is 12.2 Å². The number of aromatic nitrogens is 1. The molecule has 0 radical (unpaired) electrons. The summed E-state index contributed by atoms with van der Waals surface area (Å²) in [5.74, 6) is 1.33. The predicted octanol–water partition coefficient (Wildman–Crippen LogP) is 1.95. The predicted molar refractivity (Wildman–Crippen MR) is 78.5 cm³/mol. The molecule has 5 nitrogen and oxygen atoms in total. The lowest BCUT2D eigenvalue weighted by atomic mass is 10.2. The molecule has 3 aliphatic heterocycles. The summed E-state index contributed by atoms with van der Waals surface area (Å²) in [6, 6.07) is 4.75. The number of hydrazone groups is 1. The summed E-state index contributed by atoms with van der Waals surface area (Å²) >= 11 is 0. The van der Waals surface area contributed by atoms with E-state index in [0.717, 1.165) is 24.8 Å². The van der Waals surface area contributed by atoms with Gasteiger partial charge in [0.15, 0.2) is 0 Å². The van der Waals surface area contributed by atoms with Crippen LogP contribution >= 0.6 is 0 Å². The van der Waals surface area contributed by atoms with Crippen molar-refractivity contribution >= 4 is 11.7 Å². The van der Waals surface area contributed by atoms with Crippen LogP contribution in [0.4, 0.5) is 4.39 Å². The van der Waals surface area contributed by atoms with E-state index in [1.807, 2.05) is 23.2 Å². The average molecular weight is 285 g/mol. The molecular formula is C15H16FN5. The maximum absolute atomic E-state index is 13.3. The number of rotatable bonds is 1. The molecule has 1 atom stereocenters. The van der Waals surface area contributed by atoms with Gasteiger partial charge in [-0.25, -0.2) is 9.99 Å². The zero-order valence-corrected chi connectivity index (χ0v) is 11.6. The van der Waals surface area contributed by atoms with E-state index in [-0.39, 0.29) is 6.04 Å². The van der Waals surface area contributed by atoms with E-state index in [1.54, 1.807) is 6.07 Å². The van der Waals surface area contributed by atoms with Crippen molar-refractivity contribution in [2.45, 2.75) is 18.9 Å². The number of hydrogen-bond acceptors (Lipinski definition) is 5. The molecule has 21 heavy (non-hydrogen) atoms. The Bertz CT molecular complexity index is 645. The van der Waals surface area contributed by atoms with Crippen molar-refractivity contribution in [1.82, 2.24) is 14.9 Å². The SMILES string of the molecule is Fc1cccc(C2CN=C3C=CC(N4CCCC4)=NN32)n1. The van der Waals surface area contributed by atoms with E-state index in [4.69, 9.17) is 5.10 Å². The summed E-state index contributed by atoms with van der Waals surface area (Å²) in [6.07, 6.45) is 6.42. The number of pyridine rings is 1. The Hall–Kier alpha value is -2.24. The molecule has 1 saturated heterocycles. The maximum Gasteiger partial charge on any atom is 0.213 e. The van der Waals surface area contributed by atoms with Gasteiger partial charge in [-0.15, -0.1) is 0 Å². The monoisotopic (exact) mass is 285 g/mol. The van der Waals surface area contributed by atoms with Gasteiger partial charge in [-0.05, 0) is 37.1 Å². The molecule has 108 valence electrons. The first-order valence-corrected chi connectivity index (χ1v) is 7.29. The van der Waals surface area contributed by atoms with Gasteiger partial charge < -0.3 is 4.90 Å². The van der Waals surface area contributed by atoms with Crippen LogP contribution in [0.2, 0.25) is 0 Å². The van der Waals surface area contributed by atoms with Crippen molar-refractivity contribution in [3.05, 3.63) is 42.0 Å². The zero-order chi connectivity index (χ0) is 14.2. The molecule has 0 amide bonds. The highest BCUT2D eigenvalue weighted by atomic mass is 19.1. The fourth-order valence-corrected chi connectivity index (χ4v) is 2.98. The molecule has 0 aliphatic carbocycles. The van der Waals surface area contributed by atoms with E-state index in [9.17, 15) is 4.39 Å². The number of aliphatic imine (C=N–C) groups is 1. The molecule has 0 saturated carbocycles. The van der Waals surface area contributed by atoms with E-state index >= 15 is 0 Å². The second-order valence-corrected chi connectivity index (χ2v) is 5.43. The zero-order valence-electron chi connectivity index (χ0n) is 11.6. The molecule has 0 N–H and O–H groups in total.